The molecule has 2 aliphatic rings. The predicted octanol–water partition coefficient (Wildman–Crippen LogP) is 2.83. The minimum Gasteiger partial charge on any atom is -0.365 e. The number of imidazole rings is 1. The quantitative estimate of drug-likeness (QED) is 0.510. The molecule has 2 aromatic heterocycles. The van der Waals surface area contributed by atoms with Crippen LogP contribution in [0.4, 0.5) is 10.6 Å². The summed E-state index contributed by atoms with van der Waals surface area (Å²) in [6.45, 7) is 5.36. The lowest BCUT2D eigenvalue weighted by Crippen LogP contribution is -2.46. The minimum absolute atomic E-state index is 0.0334. The molecule has 2 saturated carbocycles. The fourth-order valence-corrected chi connectivity index (χ4v) is 4.62. The topological polar surface area (TPSA) is 126 Å². The van der Waals surface area contributed by atoms with Crippen molar-refractivity contribution < 1.29 is 9.59 Å². The van der Waals surface area contributed by atoms with E-state index in [1.54, 1.807) is 6.33 Å². The van der Waals surface area contributed by atoms with Crippen LogP contribution in [-0.2, 0) is 6.54 Å². The van der Waals surface area contributed by atoms with Gasteiger partial charge in [0.05, 0.1) is 6.33 Å². The molecule has 0 saturated heterocycles. The van der Waals surface area contributed by atoms with Crippen molar-refractivity contribution >= 4 is 28.9 Å². The van der Waals surface area contributed by atoms with Gasteiger partial charge in [-0.3, -0.25) is 10.2 Å². The number of nitrogens with zero attached hydrogens (tertiary/aromatic N) is 4. The first-order valence-electron chi connectivity index (χ1n) is 11.7. The normalized spacial score (nSPS) is 22.1. The molecule has 0 spiro atoms. The number of carbonyl (C=O) groups excluding carboxylic acids is 2. The molecule has 0 aromatic carbocycles. The number of hydrogen-bond acceptors (Lipinski definition) is 6. The van der Waals surface area contributed by atoms with Crippen LogP contribution in [-0.4, -0.2) is 44.5 Å². The fraction of sp³-hybridized carbons (Fsp3) is 0.682. The summed E-state index contributed by atoms with van der Waals surface area (Å²) >= 11 is 0. The molecule has 1 atom stereocenters. The summed E-state index contributed by atoms with van der Waals surface area (Å²) in [5.74, 6) is 2.02. The summed E-state index contributed by atoms with van der Waals surface area (Å²) in [6, 6.07) is -0.289. The van der Waals surface area contributed by atoms with Crippen molar-refractivity contribution in [1.82, 2.24) is 35.7 Å². The highest BCUT2D eigenvalue weighted by molar-refractivity contribution is 5.95. The number of amides is 3. The van der Waals surface area contributed by atoms with Crippen molar-refractivity contribution in [3.63, 3.8) is 0 Å². The van der Waals surface area contributed by atoms with E-state index >= 15 is 0 Å². The monoisotopic (exact) mass is 442 g/mol. The molecule has 2 heterocycles. The number of nitrogens with one attached hydrogen (secondary N) is 4. The zero-order valence-electron chi connectivity index (χ0n) is 19.1. The molecular weight excluding hydrogens is 408 g/mol. The zero-order chi connectivity index (χ0) is 22.7. The van der Waals surface area contributed by atoms with Gasteiger partial charge in [0.25, 0.3) is 0 Å². The van der Waals surface area contributed by atoms with Crippen molar-refractivity contribution in [2.24, 2.45) is 17.8 Å². The third-order valence-electron chi connectivity index (χ3n) is 7.00. The number of anilines is 1. The second kappa shape index (κ2) is 9.70. The molecule has 174 valence electrons. The number of urea groups is 1. The Balaban J connectivity index is 1.61. The number of hydrazine groups is 1. The predicted molar refractivity (Wildman–Crippen MR) is 122 cm³/mol. The molecule has 10 nitrogen and oxygen atoms in total. The Morgan fingerprint density at radius 1 is 1.12 bits per heavy atom. The zero-order valence-corrected chi connectivity index (χ0v) is 19.1. The number of hydrogen-bond donors (Lipinski definition) is 4. The van der Waals surface area contributed by atoms with Gasteiger partial charge in [-0.05, 0) is 50.4 Å². The lowest BCUT2D eigenvalue weighted by Gasteiger charge is -2.32. The molecule has 0 bridgehead atoms. The average Bonchev–Trinajstić information content (AvgIpc) is 3.15. The van der Waals surface area contributed by atoms with Crippen LogP contribution in [0.15, 0.2) is 6.33 Å². The van der Waals surface area contributed by atoms with Crippen LogP contribution >= 0.6 is 0 Å². The number of rotatable bonds is 6. The van der Waals surface area contributed by atoms with Gasteiger partial charge in [-0.25, -0.2) is 25.2 Å². The SMILES string of the molecule is CNC(=O)NNC(=O)c1nc(N[C@H](C)C2CCC2)c2c(ncn2C[C@H]2CC[C@H](C)CC2)n1. The third-order valence-corrected chi connectivity index (χ3v) is 7.00. The Kier molecular flexibility index (Phi) is 6.76. The molecule has 3 amide bonds. The Bertz CT molecular complexity index is 962. The van der Waals surface area contributed by atoms with Crippen molar-refractivity contribution in [1.29, 1.82) is 0 Å². The summed E-state index contributed by atoms with van der Waals surface area (Å²) in [5, 5.41) is 5.91. The summed E-state index contributed by atoms with van der Waals surface area (Å²) in [6.07, 6.45) is 10.4. The van der Waals surface area contributed by atoms with Gasteiger partial charge in [-0.2, -0.15) is 0 Å². The second-order valence-electron chi connectivity index (χ2n) is 9.37. The van der Waals surface area contributed by atoms with Crippen molar-refractivity contribution in [3.05, 3.63) is 12.2 Å². The first-order chi connectivity index (χ1) is 15.4. The maximum Gasteiger partial charge on any atom is 0.333 e. The van der Waals surface area contributed by atoms with E-state index in [4.69, 9.17) is 0 Å². The van der Waals surface area contributed by atoms with Crippen LogP contribution < -0.4 is 21.5 Å². The molecule has 2 aromatic rings. The van der Waals surface area contributed by atoms with Crippen molar-refractivity contribution in [3.8, 4) is 0 Å². The second-order valence-corrected chi connectivity index (χ2v) is 9.37. The highest BCUT2D eigenvalue weighted by Gasteiger charge is 2.27. The molecule has 0 aliphatic heterocycles. The van der Waals surface area contributed by atoms with Crippen LogP contribution in [0.5, 0.6) is 0 Å². The molecule has 4 rings (SSSR count). The maximum atomic E-state index is 12.6. The van der Waals surface area contributed by atoms with E-state index in [2.05, 4.69) is 54.9 Å². The Morgan fingerprint density at radius 2 is 1.88 bits per heavy atom. The lowest BCUT2D eigenvalue weighted by atomic mass is 9.80. The Hall–Kier alpha value is -2.91. The van der Waals surface area contributed by atoms with Crippen LogP contribution in [0.25, 0.3) is 11.2 Å². The van der Waals surface area contributed by atoms with Gasteiger partial charge < -0.3 is 15.2 Å². The van der Waals surface area contributed by atoms with E-state index in [0.717, 1.165) is 18.0 Å². The molecule has 0 unspecified atom stereocenters. The largest absolute Gasteiger partial charge is 0.365 e. The van der Waals surface area contributed by atoms with Crippen LogP contribution in [0.3, 0.4) is 0 Å². The van der Waals surface area contributed by atoms with E-state index in [-0.39, 0.29) is 11.9 Å². The summed E-state index contributed by atoms with van der Waals surface area (Å²) in [7, 11) is 1.47. The van der Waals surface area contributed by atoms with Gasteiger partial charge in [0, 0.05) is 19.6 Å². The van der Waals surface area contributed by atoms with Gasteiger partial charge in [0.1, 0.15) is 5.52 Å². The molecule has 4 N–H and O–H groups in total. The summed E-state index contributed by atoms with van der Waals surface area (Å²) < 4.78 is 2.14. The molecule has 0 radical (unpaired) electrons. The van der Waals surface area contributed by atoms with E-state index in [1.165, 1.54) is 52.0 Å². The van der Waals surface area contributed by atoms with Crippen LogP contribution in [0.1, 0.15) is 69.4 Å². The molecule has 2 aliphatic carbocycles. The smallest absolute Gasteiger partial charge is 0.333 e. The highest BCUT2D eigenvalue weighted by Crippen LogP contribution is 2.33. The summed E-state index contributed by atoms with van der Waals surface area (Å²) in [5.41, 5.74) is 5.91. The molecule has 10 heteroatoms. The maximum absolute atomic E-state index is 12.6. The lowest BCUT2D eigenvalue weighted by molar-refractivity contribution is 0.0926. The van der Waals surface area contributed by atoms with Crippen molar-refractivity contribution in [2.75, 3.05) is 12.4 Å². The Labute approximate surface area is 188 Å². The van der Waals surface area contributed by atoms with E-state index < -0.39 is 11.9 Å². The standard InChI is InChI=1S/C22H34N8O2/c1-13-7-9-15(10-8-13)11-30-12-24-18-17(30)19(25-14(2)16-5-4-6-16)27-20(26-18)21(31)28-29-22(32)23-3/h12-16H,4-11H2,1-3H3,(H,28,31)(H2,23,29,32)(H,25,26,27)/t13-,14-,15-/m1/s1. The number of fused-ring (bicyclic) bond motifs is 1. The molecule has 32 heavy (non-hydrogen) atoms. The van der Waals surface area contributed by atoms with Gasteiger partial charge in [0.2, 0.25) is 5.82 Å². The van der Waals surface area contributed by atoms with Crippen LogP contribution in [0, 0.1) is 17.8 Å². The first kappa shape index (κ1) is 22.3. The van der Waals surface area contributed by atoms with Crippen molar-refractivity contribution in [2.45, 2.75) is 71.4 Å². The van der Waals surface area contributed by atoms with Crippen LogP contribution in [0.2, 0.25) is 0 Å². The van der Waals surface area contributed by atoms with E-state index in [9.17, 15) is 9.59 Å². The Morgan fingerprint density at radius 3 is 2.53 bits per heavy atom. The third kappa shape index (κ3) is 4.94. The van der Waals surface area contributed by atoms with Gasteiger partial charge in [-0.15, -0.1) is 0 Å². The average molecular weight is 443 g/mol. The highest BCUT2D eigenvalue weighted by atomic mass is 16.2. The molecular formula is C22H34N8O2. The number of carbonyl (C=O) groups is 2. The van der Waals surface area contributed by atoms with E-state index in [0.29, 0.717) is 23.3 Å². The van der Waals surface area contributed by atoms with Gasteiger partial charge in [-0.1, -0.05) is 26.2 Å². The molecule has 2 fully saturated rings. The first-order valence-corrected chi connectivity index (χ1v) is 11.7. The summed E-state index contributed by atoms with van der Waals surface area (Å²) in [4.78, 5) is 37.4. The fourth-order valence-electron chi connectivity index (χ4n) is 4.62. The number of aromatic nitrogens is 4. The van der Waals surface area contributed by atoms with Gasteiger partial charge in [0.15, 0.2) is 11.5 Å². The minimum atomic E-state index is -0.592. The van der Waals surface area contributed by atoms with Gasteiger partial charge >= 0.3 is 11.9 Å². The van der Waals surface area contributed by atoms with E-state index in [1.807, 2.05) is 0 Å².